The fourth-order valence-corrected chi connectivity index (χ4v) is 4.42. The van der Waals surface area contributed by atoms with Crippen LogP contribution >= 0.6 is 11.3 Å². The van der Waals surface area contributed by atoms with E-state index in [1.807, 2.05) is 29.0 Å². The fraction of sp³-hybridized carbons (Fsp3) is 0.500. The first-order chi connectivity index (χ1) is 14.7. The molecule has 2 aliphatic rings. The zero-order valence-corrected chi connectivity index (χ0v) is 17.4. The highest BCUT2D eigenvalue weighted by Gasteiger charge is 2.43. The van der Waals surface area contributed by atoms with Gasteiger partial charge in [0.2, 0.25) is 0 Å². The SMILES string of the molecule is O=C(N[C@H]1CCO[C@]2(CCN(Cc3ccco3)C2)C1)c1ccsc1.O=C(O)C(F)(F)F. The maximum Gasteiger partial charge on any atom is 0.490 e. The van der Waals surface area contributed by atoms with E-state index in [9.17, 15) is 18.0 Å². The van der Waals surface area contributed by atoms with Crippen molar-refractivity contribution in [3.05, 3.63) is 46.5 Å². The Morgan fingerprint density at radius 2 is 2.13 bits per heavy atom. The van der Waals surface area contributed by atoms with Gasteiger partial charge in [-0.2, -0.15) is 24.5 Å². The van der Waals surface area contributed by atoms with E-state index in [2.05, 4.69) is 10.2 Å². The molecule has 4 heterocycles. The van der Waals surface area contributed by atoms with Gasteiger partial charge in [-0.1, -0.05) is 0 Å². The first-order valence-electron chi connectivity index (χ1n) is 9.69. The molecular weight excluding hydrogens is 437 g/mol. The number of thiophene rings is 1. The second kappa shape index (κ2) is 9.84. The van der Waals surface area contributed by atoms with E-state index < -0.39 is 12.1 Å². The summed E-state index contributed by atoms with van der Waals surface area (Å²) in [5, 5.41) is 14.1. The fourth-order valence-electron chi connectivity index (χ4n) is 3.78. The molecule has 1 spiro atoms. The van der Waals surface area contributed by atoms with Crippen LogP contribution in [0.4, 0.5) is 13.2 Å². The van der Waals surface area contributed by atoms with Crippen LogP contribution in [0.15, 0.2) is 39.6 Å². The summed E-state index contributed by atoms with van der Waals surface area (Å²) in [6.07, 6.45) is -0.583. The van der Waals surface area contributed by atoms with Gasteiger partial charge in [-0.15, -0.1) is 0 Å². The number of furan rings is 1. The lowest BCUT2D eigenvalue weighted by atomic mass is 9.89. The number of carbonyl (C=O) groups excluding carboxylic acids is 1. The van der Waals surface area contributed by atoms with Crippen LogP contribution in [0.1, 0.15) is 35.4 Å². The van der Waals surface area contributed by atoms with Crippen LogP contribution in [0.2, 0.25) is 0 Å². The number of carboxylic acid groups (broad SMARTS) is 1. The summed E-state index contributed by atoms with van der Waals surface area (Å²) in [5.74, 6) is -1.73. The summed E-state index contributed by atoms with van der Waals surface area (Å²) in [6, 6.07) is 6.00. The summed E-state index contributed by atoms with van der Waals surface area (Å²) in [5.41, 5.74) is 0.628. The normalized spacial score (nSPS) is 23.9. The quantitative estimate of drug-likeness (QED) is 0.726. The molecule has 7 nitrogen and oxygen atoms in total. The molecule has 0 unspecified atom stereocenters. The third-order valence-corrected chi connectivity index (χ3v) is 5.89. The Labute approximate surface area is 180 Å². The van der Waals surface area contributed by atoms with Gasteiger partial charge >= 0.3 is 12.1 Å². The number of hydrogen-bond donors (Lipinski definition) is 2. The van der Waals surface area contributed by atoms with Crippen LogP contribution in [-0.4, -0.2) is 59.4 Å². The first-order valence-corrected chi connectivity index (χ1v) is 10.6. The van der Waals surface area contributed by atoms with Gasteiger partial charge in [0.25, 0.3) is 5.91 Å². The van der Waals surface area contributed by atoms with Crippen molar-refractivity contribution < 1.29 is 37.0 Å². The van der Waals surface area contributed by atoms with Crippen LogP contribution in [0.5, 0.6) is 0 Å². The summed E-state index contributed by atoms with van der Waals surface area (Å²) in [7, 11) is 0. The number of carboxylic acids is 1. The maximum absolute atomic E-state index is 12.3. The Balaban J connectivity index is 0.000000339. The lowest BCUT2D eigenvalue weighted by Gasteiger charge is -2.38. The number of nitrogens with one attached hydrogen (secondary N) is 1. The summed E-state index contributed by atoms with van der Waals surface area (Å²) in [4.78, 5) is 23.6. The minimum absolute atomic E-state index is 0.0312. The predicted molar refractivity (Wildman–Crippen MR) is 106 cm³/mol. The van der Waals surface area contributed by atoms with Gasteiger partial charge in [-0.25, -0.2) is 4.79 Å². The molecule has 2 atom stereocenters. The van der Waals surface area contributed by atoms with E-state index in [0.29, 0.717) is 6.61 Å². The predicted octanol–water partition coefficient (Wildman–Crippen LogP) is 3.53. The second-order valence-electron chi connectivity index (χ2n) is 7.55. The molecule has 31 heavy (non-hydrogen) atoms. The van der Waals surface area contributed by atoms with Crippen molar-refractivity contribution in [2.45, 2.75) is 43.6 Å². The molecule has 1 amide bonds. The zero-order valence-electron chi connectivity index (χ0n) is 16.6. The van der Waals surface area contributed by atoms with Crippen molar-refractivity contribution in [3.8, 4) is 0 Å². The van der Waals surface area contributed by atoms with Crippen molar-refractivity contribution in [1.82, 2.24) is 10.2 Å². The van der Waals surface area contributed by atoms with Gasteiger partial charge in [-0.3, -0.25) is 9.69 Å². The molecule has 0 saturated carbocycles. The summed E-state index contributed by atoms with van der Waals surface area (Å²) < 4.78 is 43.3. The lowest BCUT2D eigenvalue weighted by Crippen LogP contribution is -2.49. The number of alkyl halides is 3. The molecule has 0 bridgehead atoms. The van der Waals surface area contributed by atoms with Crippen LogP contribution in [0.3, 0.4) is 0 Å². The molecule has 0 aromatic carbocycles. The van der Waals surface area contributed by atoms with E-state index in [1.165, 1.54) is 0 Å². The Kier molecular flexibility index (Phi) is 7.39. The molecule has 11 heteroatoms. The third kappa shape index (κ3) is 6.55. The van der Waals surface area contributed by atoms with Gasteiger partial charge in [0.15, 0.2) is 0 Å². The molecule has 2 aromatic heterocycles. The van der Waals surface area contributed by atoms with E-state index in [0.717, 1.165) is 50.2 Å². The number of nitrogens with zero attached hydrogens (tertiary/aromatic N) is 1. The van der Waals surface area contributed by atoms with Crippen molar-refractivity contribution in [3.63, 3.8) is 0 Å². The molecule has 2 saturated heterocycles. The number of halogens is 3. The average molecular weight is 460 g/mol. The number of aliphatic carboxylic acids is 1. The van der Waals surface area contributed by atoms with Gasteiger partial charge in [0.1, 0.15) is 5.76 Å². The zero-order chi connectivity index (χ0) is 22.5. The monoisotopic (exact) mass is 460 g/mol. The van der Waals surface area contributed by atoms with Crippen LogP contribution in [-0.2, 0) is 16.1 Å². The average Bonchev–Trinajstić information content (AvgIpc) is 3.45. The summed E-state index contributed by atoms with van der Waals surface area (Å²) in [6.45, 7) is 3.44. The van der Waals surface area contributed by atoms with Gasteiger partial charge < -0.3 is 19.6 Å². The Morgan fingerprint density at radius 1 is 1.35 bits per heavy atom. The van der Waals surface area contributed by atoms with Gasteiger partial charge in [-0.05, 0) is 42.8 Å². The molecule has 170 valence electrons. The minimum Gasteiger partial charge on any atom is -0.475 e. The molecular formula is C20H23F3N2O5S. The topological polar surface area (TPSA) is 92.0 Å². The van der Waals surface area contributed by atoms with Gasteiger partial charge in [0.05, 0.1) is 18.4 Å². The highest BCUT2D eigenvalue weighted by Crippen LogP contribution is 2.35. The van der Waals surface area contributed by atoms with Crippen molar-refractivity contribution in [1.29, 1.82) is 0 Å². The molecule has 2 aliphatic heterocycles. The number of ether oxygens (including phenoxy) is 1. The van der Waals surface area contributed by atoms with E-state index in [-0.39, 0.29) is 17.6 Å². The third-order valence-electron chi connectivity index (χ3n) is 5.21. The number of rotatable bonds is 4. The largest absolute Gasteiger partial charge is 0.490 e. The van der Waals surface area contributed by atoms with Crippen molar-refractivity contribution >= 4 is 23.2 Å². The number of hydrogen-bond acceptors (Lipinski definition) is 6. The van der Waals surface area contributed by atoms with E-state index in [1.54, 1.807) is 17.6 Å². The van der Waals surface area contributed by atoms with E-state index >= 15 is 0 Å². The maximum atomic E-state index is 12.3. The van der Waals surface area contributed by atoms with Crippen LogP contribution in [0, 0.1) is 0 Å². The molecule has 0 aliphatic carbocycles. The highest BCUT2D eigenvalue weighted by molar-refractivity contribution is 7.08. The second-order valence-corrected chi connectivity index (χ2v) is 8.33. The molecule has 4 rings (SSSR count). The van der Waals surface area contributed by atoms with Crippen molar-refractivity contribution in [2.75, 3.05) is 19.7 Å². The Hall–Kier alpha value is -2.37. The lowest BCUT2D eigenvalue weighted by molar-refractivity contribution is -0.192. The Bertz CT molecular complexity index is 857. The number of amides is 1. The van der Waals surface area contributed by atoms with Crippen LogP contribution < -0.4 is 5.32 Å². The van der Waals surface area contributed by atoms with E-state index in [4.69, 9.17) is 19.1 Å². The smallest absolute Gasteiger partial charge is 0.475 e. The minimum atomic E-state index is -5.08. The highest BCUT2D eigenvalue weighted by atomic mass is 32.1. The first kappa shape index (κ1) is 23.3. The molecule has 2 aromatic rings. The molecule has 0 radical (unpaired) electrons. The van der Waals surface area contributed by atoms with Crippen molar-refractivity contribution in [2.24, 2.45) is 0 Å². The molecule has 2 N–H and O–H groups in total. The number of carbonyl (C=O) groups is 2. The van der Waals surface area contributed by atoms with Gasteiger partial charge in [0, 0.05) is 36.7 Å². The standard InChI is InChI=1S/C18H22N2O3S.C2HF3O2/c21-17(14-4-9-24-12-14)19-15-3-8-23-18(10-15)5-6-20(13-18)11-16-2-1-7-22-16;3-2(4,5)1(6)7/h1-2,4,7,9,12,15H,3,5-6,8,10-11,13H2,(H,19,21);(H,6,7)/t15-,18+;/m0./s1. The summed E-state index contributed by atoms with van der Waals surface area (Å²) >= 11 is 1.55. The molecule has 2 fully saturated rings. The number of likely N-dealkylation sites (tertiary alicyclic amines) is 1. The van der Waals surface area contributed by atoms with Crippen LogP contribution in [0.25, 0.3) is 0 Å². The Morgan fingerprint density at radius 3 is 2.74 bits per heavy atom.